The van der Waals surface area contributed by atoms with E-state index in [0.717, 1.165) is 28.6 Å². The molecule has 1 fully saturated rings. The monoisotopic (exact) mass is 541 g/mol. The first-order valence-electron chi connectivity index (χ1n) is 10.9. The average Bonchev–Trinajstić information content (AvgIpc) is 3.37. The Hall–Kier alpha value is -3.25. The van der Waals surface area contributed by atoms with Gasteiger partial charge in [0.05, 0.1) is 16.3 Å². The molecule has 186 valence electrons. The quantitative estimate of drug-likeness (QED) is 0.183. The van der Waals surface area contributed by atoms with E-state index in [1.165, 1.54) is 4.90 Å². The molecule has 0 unspecified atom stereocenters. The van der Waals surface area contributed by atoms with Crippen LogP contribution in [0, 0.1) is 6.92 Å². The van der Waals surface area contributed by atoms with Crippen molar-refractivity contribution in [1.29, 1.82) is 0 Å². The number of nitrogens with zero attached hydrogens (tertiary/aromatic N) is 3. The number of hydrogen-bond donors (Lipinski definition) is 1. The summed E-state index contributed by atoms with van der Waals surface area (Å²) in [6, 6.07) is 15.3. The molecule has 0 aliphatic carbocycles. The van der Waals surface area contributed by atoms with Crippen LogP contribution in [0.1, 0.15) is 11.1 Å². The van der Waals surface area contributed by atoms with Crippen LogP contribution in [0.15, 0.2) is 72.3 Å². The highest BCUT2D eigenvalue weighted by atomic mass is 32.2. The van der Waals surface area contributed by atoms with Crippen LogP contribution in [-0.4, -0.2) is 56.8 Å². The zero-order chi connectivity index (χ0) is 25.9. The molecule has 1 aliphatic rings. The van der Waals surface area contributed by atoms with Gasteiger partial charge in [-0.3, -0.25) is 14.2 Å². The molecule has 3 aromatic rings. The highest BCUT2D eigenvalue weighted by Crippen LogP contribution is 2.36. The molecular weight excluding hydrogens is 518 g/mol. The van der Waals surface area contributed by atoms with Crippen LogP contribution in [0.3, 0.4) is 0 Å². The third kappa shape index (κ3) is 5.93. The number of benzene rings is 2. The number of rotatable bonds is 9. The Kier molecular flexibility index (Phi) is 7.74. The normalized spacial score (nSPS) is 15.1. The number of carbonyl (C=O) groups excluding carboxylic acids is 1. The lowest BCUT2D eigenvalue weighted by Crippen LogP contribution is -2.32. The lowest BCUT2D eigenvalue weighted by atomic mass is 10.0. The Balaban J connectivity index is 1.74. The second-order valence-corrected chi connectivity index (χ2v) is 11.2. The minimum absolute atomic E-state index is 0.220. The van der Waals surface area contributed by atoms with Crippen LogP contribution >= 0.6 is 24.0 Å². The van der Waals surface area contributed by atoms with E-state index in [1.807, 2.05) is 61.7 Å². The Morgan fingerprint density at radius 2 is 1.97 bits per heavy atom. The van der Waals surface area contributed by atoms with E-state index in [1.54, 1.807) is 16.8 Å². The zero-order valence-corrected chi connectivity index (χ0v) is 21.8. The van der Waals surface area contributed by atoms with Crippen LogP contribution in [0.25, 0.3) is 23.0 Å². The van der Waals surface area contributed by atoms with Gasteiger partial charge in [-0.2, -0.15) is 13.5 Å². The highest BCUT2D eigenvalue weighted by molar-refractivity contribution is 8.26. The summed E-state index contributed by atoms with van der Waals surface area (Å²) in [4.78, 5) is 14.5. The molecule has 1 amide bonds. The number of thioether (sulfide) groups is 1. The molecule has 1 saturated heterocycles. The first kappa shape index (κ1) is 25.8. The van der Waals surface area contributed by atoms with Gasteiger partial charge < -0.3 is 4.74 Å². The summed E-state index contributed by atoms with van der Waals surface area (Å²) in [5.41, 5.74) is 4.00. The number of aromatic nitrogens is 2. The first-order chi connectivity index (χ1) is 17.2. The number of ether oxygens (including phenoxy) is 1. The van der Waals surface area contributed by atoms with E-state index in [2.05, 4.69) is 6.58 Å². The molecule has 1 aromatic heterocycles. The van der Waals surface area contributed by atoms with Gasteiger partial charge in [0.15, 0.2) is 0 Å². The van der Waals surface area contributed by atoms with Crippen LogP contribution in [-0.2, 0) is 14.9 Å². The van der Waals surface area contributed by atoms with Gasteiger partial charge in [0.25, 0.3) is 16.0 Å². The zero-order valence-electron chi connectivity index (χ0n) is 19.3. The Labute approximate surface area is 219 Å². The minimum Gasteiger partial charge on any atom is -0.490 e. The number of hydrogen-bond acceptors (Lipinski definition) is 7. The van der Waals surface area contributed by atoms with Crippen molar-refractivity contribution in [2.75, 3.05) is 18.9 Å². The first-order valence-corrected chi connectivity index (χ1v) is 13.7. The van der Waals surface area contributed by atoms with Crippen molar-refractivity contribution in [1.82, 2.24) is 14.7 Å². The van der Waals surface area contributed by atoms with Crippen molar-refractivity contribution >= 4 is 50.4 Å². The fourth-order valence-corrected chi connectivity index (χ4v) is 5.32. The Morgan fingerprint density at radius 3 is 2.64 bits per heavy atom. The number of amides is 1. The highest BCUT2D eigenvalue weighted by Gasteiger charge is 2.33. The van der Waals surface area contributed by atoms with Gasteiger partial charge >= 0.3 is 0 Å². The second-order valence-electron chi connectivity index (χ2n) is 7.91. The summed E-state index contributed by atoms with van der Waals surface area (Å²) >= 11 is 6.36. The van der Waals surface area contributed by atoms with Gasteiger partial charge in [0.2, 0.25) is 0 Å². The third-order valence-electron chi connectivity index (χ3n) is 5.32. The summed E-state index contributed by atoms with van der Waals surface area (Å²) in [6.45, 7) is 5.80. The smallest absolute Gasteiger partial charge is 0.266 e. The molecule has 0 saturated carbocycles. The molecule has 4 rings (SSSR count). The van der Waals surface area contributed by atoms with Crippen molar-refractivity contribution < 1.29 is 22.5 Å². The van der Waals surface area contributed by atoms with Crippen LogP contribution in [0.5, 0.6) is 5.75 Å². The molecular formula is C25H23N3O5S3. The van der Waals surface area contributed by atoms with E-state index < -0.39 is 21.8 Å². The van der Waals surface area contributed by atoms with Crippen molar-refractivity contribution in [3.63, 3.8) is 0 Å². The standard InChI is InChI=1S/C25H23N3O5S3/c1-3-12-33-20-9-10-21(17(2)14-20)23-18(16-28(26-23)19-7-5-4-6-8-19)15-22-24(29)27(25(34)35-22)11-13-36(30,31)32/h3-10,14-16H,1,11-13H2,2H3,(H,30,31,32)/b22-15-. The fraction of sp³-hybridized carbons (Fsp3) is 0.160. The minimum atomic E-state index is -4.23. The summed E-state index contributed by atoms with van der Waals surface area (Å²) in [7, 11) is -4.23. The van der Waals surface area contributed by atoms with Gasteiger partial charge in [-0.15, -0.1) is 0 Å². The van der Waals surface area contributed by atoms with E-state index >= 15 is 0 Å². The lowest BCUT2D eigenvalue weighted by molar-refractivity contribution is -0.121. The van der Waals surface area contributed by atoms with E-state index in [4.69, 9.17) is 26.6 Å². The molecule has 1 aliphatic heterocycles. The number of thiocarbonyl (C=S) groups is 1. The fourth-order valence-electron chi connectivity index (χ4n) is 3.60. The summed E-state index contributed by atoms with van der Waals surface area (Å²) < 4.78 is 39.0. The molecule has 0 radical (unpaired) electrons. The largest absolute Gasteiger partial charge is 0.490 e. The van der Waals surface area contributed by atoms with Crippen LogP contribution < -0.4 is 4.74 Å². The topological polar surface area (TPSA) is 102 Å². The van der Waals surface area contributed by atoms with Crippen molar-refractivity contribution in [2.24, 2.45) is 0 Å². The summed E-state index contributed by atoms with van der Waals surface area (Å²) in [6.07, 6.45) is 5.21. The average molecular weight is 542 g/mol. The molecule has 2 heterocycles. The van der Waals surface area contributed by atoms with Crippen LogP contribution in [0.4, 0.5) is 0 Å². The third-order valence-corrected chi connectivity index (χ3v) is 7.39. The maximum Gasteiger partial charge on any atom is 0.266 e. The predicted octanol–water partition coefficient (Wildman–Crippen LogP) is 4.50. The van der Waals surface area contributed by atoms with E-state index in [-0.39, 0.29) is 10.9 Å². The van der Waals surface area contributed by atoms with E-state index in [9.17, 15) is 13.2 Å². The second kappa shape index (κ2) is 10.8. The van der Waals surface area contributed by atoms with Gasteiger partial charge in [0.1, 0.15) is 22.4 Å². The molecule has 2 aromatic carbocycles. The summed E-state index contributed by atoms with van der Waals surface area (Å²) in [5.74, 6) is -0.305. The molecule has 0 bridgehead atoms. The SMILES string of the molecule is C=CCOc1ccc(-c2nn(-c3ccccc3)cc2/C=C2\SC(=S)N(CCS(=O)(=O)O)C2=O)c(C)c1. The summed E-state index contributed by atoms with van der Waals surface area (Å²) in [5, 5.41) is 4.81. The molecule has 1 N–H and O–H groups in total. The van der Waals surface area contributed by atoms with Crippen molar-refractivity contribution in [3.8, 4) is 22.7 Å². The Bertz CT molecular complexity index is 1460. The van der Waals surface area contributed by atoms with Gasteiger partial charge in [-0.05, 0) is 48.9 Å². The lowest BCUT2D eigenvalue weighted by Gasteiger charge is -2.12. The van der Waals surface area contributed by atoms with Crippen LogP contribution in [0.2, 0.25) is 0 Å². The number of para-hydroxylation sites is 1. The maximum atomic E-state index is 13.0. The molecule has 8 nitrogen and oxygen atoms in total. The van der Waals surface area contributed by atoms with E-state index in [0.29, 0.717) is 28.5 Å². The predicted molar refractivity (Wildman–Crippen MR) is 146 cm³/mol. The maximum absolute atomic E-state index is 13.0. The molecule has 0 spiro atoms. The number of carbonyl (C=O) groups is 1. The molecule has 0 atom stereocenters. The van der Waals surface area contributed by atoms with Crippen molar-refractivity contribution in [3.05, 3.63) is 83.4 Å². The molecule has 11 heteroatoms. The molecule has 36 heavy (non-hydrogen) atoms. The van der Waals surface area contributed by atoms with Gasteiger partial charge in [-0.25, -0.2) is 4.68 Å². The number of aryl methyl sites for hydroxylation is 1. The van der Waals surface area contributed by atoms with Gasteiger partial charge in [0, 0.05) is 23.9 Å². The van der Waals surface area contributed by atoms with Crippen molar-refractivity contribution in [2.45, 2.75) is 6.92 Å². The van der Waals surface area contributed by atoms with Gasteiger partial charge in [-0.1, -0.05) is 54.8 Å². The Morgan fingerprint density at radius 1 is 1.22 bits per heavy atom.